The van der Waals surface area contributed by atoms with E-state index in [0.29, 0.717) is 10.8 Å². The van der Waals surface area contributed by atoms with Crippen molar-refractivity contribution in [2.45, 2.75) is 6.18 Å². The maximum Gasteiger partial charge on any atom is 0.417 e. The fourth-order valence-corrected chi connectivity index (χ4v) is 2.05. The maximum absolute atomic E-state index is 12.7. The molecule has 1 N–H and O–H groups in total. The molecule has 0 fully saturated rings. The number of carbonyl (C=O) groups excluding carboxylic acids is 1. The third kappa shape index (κ3) is 5.04. The molecule has 122 valence electrons. The standard InChI is InChI=1S/C15H10Cl2F3NO2/c16-9-1-4-11(5-2-9)23-8-14(22)21-10-3-6-13(17)12(7-10)15(18,19)20/h1-7H,8H2,(H,21,22). The molecule has 0 aromatic heterocycles. The van der Waals surface area contributed by atoms with Gasteiger partial charge in [-0.25, -0.2) is 0 Å². The van der Waals surface area contributed by atoms with Gasteiger partial charge in [0.25, 0.3) is 5.91 Å². The molecule has 2 rings (SSSR count). The van der Waals surface area contributed by atoms with Crippen LogP contribution in [0.25, 0.3) is 0 Å². The maximum atomic E-state index is 12.7. The molecule has 23 heavy (non-hydrogen) atoms. The Morgan fingerprint density at radius 2 is 1.74 bits per heavy atom. The van der Waals surface area contributed by atoms with E-state index in [1.54, 1.807) is 24.3 Å². The van der Waals surface area contributed by atoms with Gasteiger partial charge in [0.05, 0.1) is 10.6 Å². The number of carbonyl (C=O) groups is 1. The molecule has 0 aliphatic carbocycles. The van der Waals surface area contributed by atoms with E-state index in [0.717, 1.165) is 12.1 Å². The fraction of sp³-hybridized carbons (Fsp3) is 0.133. The molecular weight excluding hydrogens is 354 g/mol. The van der Waals surface area contributed by atoms with Crippen molar-refractivity contribution in [3.8, 4) is 5.75 Å². The van der Waals surface area contributed by atoms with Gasteiger partial charge in [-0.1, -0.05) is 23.2 Å². The summed E-state index contributed by atoms with van der Waals surface area (Å²) in [5.41, 5.74) is -1.04. The Hall–Kier alpha value is -1.92. The van der Waals surface area contributed by atoms with E-state index in [9.17, 15) is 18.0 Å². The van der Waals surface area contributed by atoms with Crippen LogP contribution in [0.2, 0.25) is 10.0 Å². The molecule has 0 aliphatic heterocycles. The molecule has 0 bridgehead atoms. The molecule has 1 amide bonds. The molecule has 0 unspecified atom stereocenters. The van der Waals surface area contributed by atoms with Gasteiger partial charge in [0.1, 0.15) is 5.75 Å². The SMILES string of the molecule is O=C(COc1ccc(Cl)cc1)Nc1ccc(Cl)c(C(F)(F)F)c1. The fourth-order valence-electron chi connectivity index (χ4n) is 1.70. The van der Waals surface area contributed by atoms with Crippen LogP contribution < -0.4 is 10.1 Å². The van der Waals surface area contributed by atoms with E-state index < -0.39 is 22.7 Å². The number of ether oxygens (including phenoxy) is 1. The Kier molecular flexibility index (Phi) is 5.38. The van der Waals surface area contributed by atoms with Crippen molar-refractivity contribution in [1.82, 2.24) is 0 Å². The molecule has 3 nitrogen and oxygen atoms in total. The van der Waals surface area contributed by atoms with Gasteiger partial charge in [-0.3, -0.25) is 4.79 Å². The zero-order valence-electron chi connectivity index (χ0n) is 11.5. The van der Waals surface area contributed by atoms with E-state index in [-0.39, 0.29) is 12.3 Å². The summed E-state index contributed by atoms with van der Waals surface area (Å²) in [6.45, 7) is -0.356. The van der Waals surface area contributed by atoms with E-state index >= 15 is 0 Å². The molecule has 0 radical (unpaired) electrons. The van der Waals surface area contributed by atoms with Crippen molar-refractivity contribution in [2.75, 3.05) is 11.9 Å². The predicted octanol–water partition coefficient (Wildman–Crippen LogP) is 5.03. The predicted molar refractivity (Wildman–Crippen MR) is 82.0 cm³/mol. The molecule has 2 aromatic rings. The van der Waals surface area contributed by atoms with E-state index in [4.69, 9.17) is 27.9 Å². The first-order valence-electron chi connectivity index (χ1n) is 6.30. The summed E-state index contributed by atoms with van der Waals surface area (Å²) in [6, 6.07) is 9.42. The lowest BCUT2D eigenvalue weighted by atomic mass is 10.2. The van der Waals surface area contributed by atoms with E-state index in [1.807, 2.05) is 0 Å². The minimum absolute atomic E-state index is 0.0218. The van der Waals surface area contributed by atoms with E-state index in [1.165, 1.54) is 6.07 Å². The normalized spacial score (nSPS) is 11.2. The van der Waals surface area contributed by atoms with Gasteiger partial charge < -0.3 is 10.1 Å². The molecule has 0 saturated heterocycles. The molecule has 0 atom stereocenters. The highest BCUT2D eigenvalue weighted by atomic mass is 35.5. The topological polar surface area (TPSA) is 38.3 Å². The van der Waals surface area contributed by atoms with Crippen molar-refractivity contribution in [2.24, 2.45) is 0 Å². The second kappa shape index (κ2) is 7.10. The van der Waals surface area contributed by atoms with Crippen molar-refractivity contribution < 1.29 is 22.7 Å². The number of hydrogen-bond acceptors (Lipinski definition) is 2. The van der Waals surface area contributed by atoms with Crippen molar-refractivity contribution in [3.05, 3.63) is 58.1 Å². The zero-order chi connectivity index (χ0) is 17.0. The van der Waals surface area contributed by atoms with Gasteiger partial charge in [-0.2, -0.15) is 13.2 Å². The number of benzene rings is 2. The highest BCUT2D eigenvalue weighted by Gasteiger charge is 2.33. The Bertz CT molecular complexity index is 703. The minimum atomic E-state index is -4.60. The Morgan fingerprint density at radius 3 is 2.35 bits per heavy atom. The summed E-state index contributed by atoms with van der Waals surface area (Å²) in [6.07, 6.45) is -4.60. The number of anilines is 1. The largest absolute Gasteiger partial charge is 0.484 e. The van der Waals surface area contributed by atoms with Crippen LogP contribution in [0.3, 0.4) is 0 Å². The molecule has 0 saturated carbocycles. The van der Waals surface area contributed by atoms with E-state index in [2.05, 4.69) is 5.32 Å². The molecular formula is C15H10Cl2F3NO2. The molecule has 0 aliphatic rings. The van der Waals surface area contributed by atoms with Crippen LogP contribution in [0.1, 0.15) is 5.56 Å². The minimum Gasteiger partial charge on any atom is -0.484 e. The first-order valence-corrected chi connectivity index (χ1v) is 7.06. The number of halogens is 5. The molecule has 0 heterocycles. The molecule has 0 spiro atoms. The van der Waals surface area contributed by atoms with Gasteiger partial charge >= 0.3 is 6.18 Å². The monoisotopic (exact) mass is 363 g/mol. The summed E-state index contributed by atoms with van der Waals surface area (Å²) >= 11 is 11.2. The van der Waals surface area contributed by atoms with Crippen LogP contribution in [0, 0.1) is 0 Å². The Labute approximate surface area is 140 Å². The highest BCUT2D eigenvalue weighted by Crippen LogP contribution is 2.36. The zero-order valence-corrected chi connectivity index (χ0v) is 13.0. The van der Waals surface area contributed by atoms with Crippen LogP contribution in [0.15, 0.2) is 42.5 Å². The van der Waals surface area contributed by atoms with Gasteiger partial charge in [0.15, 0.2) is 6.61 Å². The van der Waals surface area contributed by atoms with Crippen molar-refractivity contribution >= 4 is 34.8 Å². The molecule has 2 aromatic carbocycles. The average molecular weight is 364 g/mol. The lowest BCUT2D eigenvalue weighted by molar-refractivity contribution is -0.137. The Balaban J connectivity index is 1.99. The van der Waals surface area contributed by atoms with Crippen molar-refractivity contribution in [3.63, 3.8) is 0 Å². The third-order valence-corrected chi connectivity index (χ3v) is 3.32. The lowest BCUT2D eigenvalue weighted by Gasteiger charge is -2.12. The number of alkyl halides is 3. The number of amides is 1. The van der Waals surface area contributed by atoms with Crippen LogP contribution in [-0.2, 0) is 11.0 Å². The summed E-state index contributed by atoms with van der Waals surface area (Å²) in [4.78, 5) is 11.7. The van der Waals surface area contributed by atoms with Crippen LogP contribution in [-0.4, -0.2) is 12.5 Å². The van der Waals surface area contributed by atoms with Crippen LogP contribution >= 0.6 is 23.2 Å². The average Bonchev–Trinajstić information content (AvgIpc) is 2.47. The summed E-state index contributed by atoms with van der Waals surface area (Å²) < 4.78 is 43.4. The summed E-state index contributed by atoms with van der Waals surface area (Å²) in [5, 5.41) is 2.39. The quantitative estimate of drug-likeness (QED) is 0.827. The van der Waals surface area contributed by atoms with Gasteiger partial charge in [0.2, 0.25) is 0 Å². The first kappa shape index (κ1) is 17.4. The van der Waals surface area contributed by atoms with Gasteiger partial charge in [0, 0.05) is 10.7 Å². The lowest BCUT2D eigenvalue weighted by Crippen LogP contribution is -2.20. The smallest absolute Gasteiger partial charge is 0.417 e. The number of hydrogen-bond donors (Lipinski definition) is 1. The summed E-state index contributed by atoms with van der Waals surface area (Å²) in [5.74, 6) is -0.188. The van der Waals surface area contributed by atoms with Crippen LogP contribution in [0.4, 0.5) is 18.9 Å². The first-order chi connectivity index (χ1) is 10.8. The number of nitrogens with one attached hydrogen (secondary N) is 1. The third-order valence-electron chi connectivity index (χ3n) is 2.74. The molecule has 8 heteroatoms. The second-order valence-corrected chi connectivity index (χ2v) is 5.33. The van der Waals surface area contributed by atoms with Gasteiger partial charge in [-0.05, 0) is 42.5 Å². The van der Waals surface area contributed by atoms with Crippen LogP contribution in [0.5, 0.6) is 5.75 Å². The van der Waals surface area contributed by atoms with Gasteiger partial charge in [-0.15, -0.1) is 0 Å². The Morgan fingerprint density at radius 1 is 1.09 bits per heavy atom. The highest BCUT2D eigenvalue weighted by molar-refractivity contribution is 6.31. The number of rotatable bonds is 4. The van der Waals surface area contributed by atoms with Crippen molar-refractivity contribution in [1.29, 1.82) is 0 Å². The second-order valence-electron chi connectivity index (χ2n) is 4.48. The summed E-state index contributed by atoms with van der Waals surface area (Å²) in [7, 11) is 0.